The van der Waals surface area contributed by atoms with E-state index in [9.17, 15) is 19.0 Å². The molecule has 0 aliphatic heterocycles. The second kappa shape index (κ2) is 6.10. The van der Waals surface area contributed by atoms with E-state index in [4.69, 9.17) is 0 Å². The van der Waals surface area contributed by atoms with Crippen LogP contribution in [0.5, 0.6) is 11.5 Å². The average Bonchev–Trinajstić information content (AvgIpc) is 2.37. The number of aromatic hydroxyl groups is 2. The van der Waals surface area contributed by atoms with Crippen LogP contribution in [0, 0.1) is 11.6 Å². The summed E-state index contributed by atoms with van der Waals surface area (Å²) >= 11 is 0. The van der Waals surface area contributed by atoms with Crippen LogP contribution in [0.4, 0.5) is 8.78 Å². The summed E-state index contributed by atoms with van der Waals surface area (Å²) in [7, 11) is 0. The van der Waals surface area contributed by atoms with Gasteiger partial charge in [-0.15, -0.1) is 0 Å². The Balaban J connectivity index is 2.16. The highest BCUT2D eigenvalue weighted by Gasteiger charge is 2.16. The molecule has 0 saturated heterocycles. The molecule has 0 aromatic heterocycles. The summed E-state index contributed by atoms with van der Waals surface area (Å²) in [6.45, 7) is 3.58. The Morgan fingerprint density at radius 1 is 0.905 bits per heavy atom. The van der Waals surface area contributed by atoms with E-state index in [0.29, 0.717) is 11.1 Å². The van der Waals surface area contributed by atoms with E-state index >= 15 is 0 Å². The molecule has 2 aromatic rings. The first kappa shape index (κ1) is 15.3. The number of nitrogens with one attached hydrogen (secondary N) is 1. The lowest BCUT2D eigenvalue weighted by molar-refractivity contribution is 0.439. The van der Waals surface area contributed by atoms with Crippen LogP contribution in [0.15, 0.2) is 36.4 Å². The number of benzene rings is 2. The normalized spacial score (nSPS) is 13.9. The largest absolute Gasteiger partial charge is 0.508 e. The summed E-state index contributed by atoms with van der Waals surface area (Å²) in [5, 5.41) is 22.1. The first-order chi connectivity index (χ1) is 9.86. The van der Waals surface area contributed by atoms with E-state index in [-0.39, 0.29) is 23.6 Å². The highest BCUT2D eigenvalue weighted by Crippen LogP contribution is 2.27. The second-order valence-electron chi connectivity index (χ2n) is 5.06. The Kier molecular flexibility index (Phi) is 4.43. The van der Waals surface area contributed by atoms with E-state index in [0.717, 1.165) is 6.07 Å². The van der Waals surface area contributed by atoms with Crippen LogP contribution in [0.2, 0.25) is 0 Å². The zero-order valence-electron chi connectivity index (χ0n) is 11.8. The number of hydrogen-bond acceptors (Lipinski definition) is 3. The Hall–Kier alpha value is -2.14. The van der Waals surface area contributed by atoms with Crippen molar-refractivity contribution in [1.82, 2.24) is 5.32 Å². The molecule has 0 amide bonds. The van der Waals surface area contributed by atoms with E-state index in [1.54, 1.807) is 6.92 Å². The molecule has 5 heteroatoms. The van der Waals surface area contributed by atoms with Crippen molar-refractivity contribution in [1.29, 1.82) is 0 Å². The van der Waals surface area contributed by atoms with Gasteiger partial charge in [-0.1, -0.05) is 6.07 Å². The third-order valence-electron chi connectivity index (χ3n) is 3.35. The van der Waals surface area contributed by atoms with Crippen LogP contribution in [0.3, 0.4) is 0 Å². The van der Waals surface area contributed by atoms with Gasteiger partial charge in [-0.3, -0.25) is 0 Å². The van der Waals surface area contributed by atoms with Crippen molar-refractivity contribution < 1.29 is 19.0 Å². The van der Waals surface area contributed by atoms with Gasteiger partial charge in [-0.05, 0) is 37.6 Å². The first-order valence-corrected chi connectivity index (χ1v) is 6.60. The Labute approximate surface area is 121 Å². The van der Waals surface area contributed by atoms with Gasteiger partial charge < -0.3 is 15.5 Å². The molecular weight excluding hydrogens is 276 g/mol. The van der Waals surface area contributed by atoms with E-state index < -0.39 is 11.6 Å². The quantitative estimate of drug-likeness (QED) is 0.804. The van der Waals surface area contributed by atoms with E-state index in [1.165, 1.54) is 30.3 Å². The van der Waals surface area contributed by atoms with Crippen molar-refractivity contribution in [2.75, 3.05) is 0 Å². The lowest BCUT2D eigenvalue weighted by Crippen LogP contribution is -2.23. The number of halogens is 2. The van der Waals surface area contributed by atoms with Crippen LogP contribution in [-0.2, 0) is 0 Å². The third-order valence-corrected chi connectivity index (χ3v) is 3.35. The molecule has 0 spiro atoms. The van der Waals surface area contributed by atoms with Crippen LogP contribution >= 0.6 is 0 Å². The van der Waals surface area contributed by atoms with Crippen LogP contribution in [0.1, 0.15) is 37.1 Å². The summed E-state index contributed by atoms with van der Waals surface area (Å²) in [6.07, 6.45) is 0. The molecule has 2 rings (SSSR count). The molecular formula is C16H17F2NO2. The molecule has 0 fully saturated rings. The Morgan fingerprint density at radius 3 is 2.10 bits per heavy atom. The van der Waals surface area contributed by atoms with Crippen molar-refractivity contribution in [3.05, 3.63) is 59.2 Å². The molecule has 0 radical (unpaired) electrons. The van der Waals surface area contributed by atoms with Gasteiger partial charge in [-0.25, -0.2) is 8.78 Å². The van der Waals surface area contributed by atoms with Crippen molar-refractivity contribution >= 4 is 0 Å². The van der Waals surface area contributed by atoms with Gasteiger partial charge in [0.2, 0.25) is 0 Å². The van der Waals surface area contributed by atoms with Crippen LogP contribution in [-0.4, -0.2) is 10.2 Å². The molecule has 112 valence electrons. The monoisotopic (exact) mass is 293 g/mol. The van der Waals surface area contributed by atoms with Crippen molar-refractivity contribution in [2.24, 2.45) is 0 Å². The van der Waals surface area contributed by atoms with Crippen molar-refractivity contribution in [3.63, 3.8) is 0 Å². The number of phenols is 2. The zero-order valence-corrected chi connectivity index (χ0v) is 11.8. The fourth-order valence-corrected chi connectivity index (χ4v) is 2.28. The molecule has 21 heavy (non-hydrogen) atoms. The Morgan fingerprint density at radius 2 is 1.52 bits per heavy atom. The maximum atomic E-state index is 13.7. The van der Waals surface area contributed by atoms with Crippen molar-refractivity contribution in [3.8, 4) is 11.5 Å². The van der Waals surface area contributed by atoms with Gasteiger partial charge in [0, 0.05) is 29.8 Å². The fourth-order valence-electron chi connectivity index (χ4n) is 2.28. The van der Waals surface area contributed by atoms with Gasteiger partial charge in [0.05, 0.1) is 0 Å². The minimum atomic E-state index is -0.616. The van der Waals surface area contributed by atoms with E-state index in [1.807, 2.05) is 6.92 Å². The minimum absolute atomic E-state index is 0.0423. The minimum Gasteiger partial charge on any atom is -0.508 e. The third kappa shape index (κ3) is 3.70. The molecule has 2 aromatic carbocycles. The molecule has 2 atom stereocenters. The standard InChI is InChI=1S/C16H17F2NO2/c1-9(11-5-13(20)8-14(21)6-11)19-10(2)15-4-3-12(17)7-16(15)18/h3-10,19-21H,1-2H3. The summed E-state index contributed by atoms with van der Waals surface area (Å²) in [5.41, 5.74) is 1.02. The maximum absolute atomic E-state index is 13.7. The predicted octanol–water partition coefficient (Wildman–Crippen LogP) is 3.79. The first-order valence-electron chi connectivity index (χ1n) is 6.60. The number of rotatable bonds is 4. The topological polar surface area (TPSA) is 52.5 Å². The number of phenolic OH excluding ortho intramolecular Hbond substituents is 2. The van der Waals surface area contributed by atoms with E-state index in [2.05, 4.69) is 5.32 Å². The number of hydrogen-bond donors (Lipinski definition) is 3. The van der Waals surface area contributed by atoms with Gasteiger partial charge in [-0.2, -0.15) is 0 Å². The lowest BCUT2D eigenvalue weighted by atomic mass is 10.0. The van der Waals surface area contributed by atoms with Crippen molar-refractivity contribution in [2.45, 2.75) is 25.9 Å². The van der Waals surface area contributed by atoms with Crippen LogP contribution in [0.25, 0.3) is 0 Å². The average molecular weight is 293 g/mol. The molecule has 2 unspecified atom stereocenters. The van der Waals surface area contributed by atoms with Gasteiger partial charge >= 0.3 is 0 Å². The molecule has 0 aliphatic rings. The summed E-state index contributed by atoms with van der Waals surface area (Å²) in [6, 6.07) is 7.14. The molecule has 0 saturated carbocycles. The van der Waals surface area contributed by atoms with Gasteiger partial charge in [0.15, 0.2) is 0 Å². The second-order valence-corrected chi connectivity index (χ2v) is 5.06. The summed E-state index contributed by atoms with van der Waals surface area (Å²) < 4.78 is 26.6. The zero-order chi connectivity index (χ0) is 15.6. The maximum Gasteiger partial charge on any atom is 0.130 e. The van der Waals surface area contributed by atoms with Gasteiger partial charge in [0.1, 0.15) is 23.1 Å². The SMILES string of the molecule is CC(NC(C)c1ccc(F)cc1F)c1cc(O)cc(O)c1. The highest BCUT2D eigenvalue weighted by molar-refractivity contribution is 5.38. The summed E-state index contributed by atoms with van der Waals surface area (Å²) in [5.74, 6) is -1.31. The highest BCUT2D eigenvalue weighted by atomic mass is 19.1. The van der Waals surface area contributed by atoms with Gasteiger partial charge in [0.25, 0.3) is 0 Å². The molecule has 0 bridgehead atoms. The molecule has 3 N–H and O–H groups in total. The smallest absolute Gasteiger partial charge is 0.130 e. The Bertz CT molecular complexity index is 626. The van der Waals surface area contributed by atoms with Crippen LogP contribution < -0.4 is 5.32 Å². The fraction of sp³-hybridized carbons (Fsp3) is 0.250. The molecule has 0 heterocycles. The summed E-state index contributed by atoms with van der Waals surface area (Å²) in [4.78, 5) is 0. The molecule has 3 nitrogen and oxygen atoms in total. The lowest BCUT2D eigenvalue weighted by Gasteiger charge is -2.21. The molecule has 0 aliphatic carbocycles. The predicted molar refractivity (Wildman–Crippen MR) is 76.1 cm³/mol.